The number of aliphatic hydroxyl groups excluding tert-OH is 1. The summed E-state index contributed by atoms with van der Waals surface area (Å²) in [6, 6.07) is 4.74. The van der Waals surface area contributed by atoms with Gasteiger partial charge in [0.05, 0.1) is 11.5 Å². The zero-order chi connectivity index (χ0) is 14.6. The maximum atomic E-state index is 12.2. The standard InChI is InChI=1S/C13H21NO3S2/c1-9-5-6-12(7-10(9)2)19(16,17)14-11(3)13(8-15)18-4/h5-7,11,13-15H,8H2,1-4H3. The number of hydrogen-bond acceptors (Lipinski definition) is 4. The SMILES string of the molecule is CSC(CO)C(C)NS(=O)(=O)c1ccc(C)c(C)c1. The molecule has 2 N–H and O–H groups in total. The molecule has 0 radical (unpaired) electrons. The normalized spacial score (nSPS) is 15.2. The second-order valence-corrected chi connectivity index (χ2v) is 7.40. The highest BCUT2D eigenvalue weighted by molar-refractivity contribution is 7.99. The summed E-state index contributed by atoms with van der Waals surface area (Å²) in [5, 5.41) is 9.04. The van der Waals surface area contributed by atoms with E-state index in [1.807, 2.05) is 20.1 Å². The Balaban J connectivity index is 2.95. The van der Waals surface area contributed by atoms with Crippen molar-refractivity contribution in [1.29, 1.82) is 0 Å². The van der Waals surface area contributed by atoms with Gasteiger partial charge in [-0.05, 0) is 50.3 Å². The molecule has 0 aliphatic rings. The topological polar surface area (TPSA) is 66.4 Å². The van der Waals surface area contributed by atoms with Gasteiger partial charge in [0.15, 0.2) is 0 Å². The summed E-state index contributed by atoms with van der Waals surface area (Å²) in [6.45, 7) is 5.53. The van der Waals surface area contributed by atoms with Crippen LogP contribution in [0.1, 0.15) is 18.1 Å². The van der Waals surface area contributed by atoms with Gasteiger partial charge in [-0.3, -0.25) is 0 Å². The summed E-state index contributed by atoms with van der Waals surface area (Å²) in [6.07, 6.45) is 1.85. The summed E-state index contributed by atoms with van der Waals surface area (Å²) in [5.41, 5.74) is 2.00. The average molecular weight is 303 g/mol. The summed E-state index contributed by atoms with van der Waals surface area (Å²) in [4.78, 5) is 0.264. The average Bonchev–Trinajstić information content (AvgIpc) is 2.33. The molecule has 1 aromatic carbocycles. The van der Waals surface area contributed by atoms with E-state index in [0.717, 1.165) is 11.1 Å². The van der Waals surface area contributed by atoms with Crippen molar-refractivity contribution in [3.63, 3.8) is 0 Å². The van der Waals surface area contributed by atoms with Crippen molar-refractivity contribution in [1.82, 2.24) is 4.72 Å². The van der Waals surface area contributed by atoms with Gasteiger partial charge in [0.25, 0.3) is 0 Å². The fourth-order valence-corrected chi connectivity index (χ4v) is 3.79. The maximum Gasteiger partial charge on any atom is 0.240 e. The van der Waals surface area contributed by atoms with Crippen LogP contribution >= 0.6 is 11.8 Å². The largest absolute Gasteiger partial charge is 0.395 e. The van der Waals surface area contributed by atoms with Crippen molar-refractivity contribution < 1.29 is 13.5 Å². The molecule has 1 rings (SSSR count). The molecule has 2 atom stereocenters. The number of nitrogens with one attached hydrogen (secondary N) is 1. The van der Waals surface area contributed by atoms with Crippen LogP contribution in [-0.4, -0.2) is 37.7 Å². The lowest BCUT2D eigenvalue weighted by Gasteiger charge is -2.21. The third-order valence-electron chi connectivity index (χ3n) is 3.17. The Bertz CT molecular complexity index is 525. The Morgan fingerprint density at radius 3 is 2.42 bits per heavy atom. The van der Waals surface area contributed by atoms with Gasteiger partial charge in [0, 0.05) is 11.3 Å². The summed E-state index contributed by atoms with van der Waals surface area (Å²) >= 11 is 1.44. The van der Waals surface area contributed by atoms with Crippen LogP contribution in [0.5, 0.6) is 0 Å². The van der Waals surface area contributed by atoms with Crippen molar-refractivity contribution in [3.8, 4) is 0 Å². The first-order valence-electron chi connectivity index (χ1n) is 6.05. The molecule has 108 valence electrons. The molecular weight excluding hydrogens is 282 g/mol. The number of rotatable bonds is 6. The molecule has 0 aliphatic heterocycles. The molecule has 0 heterocycles. The van der Waals surface area contributed by atoms with Crippen molar-refractivity contribution >= 4 is 21.8 Å². The maximum absolute atomic E-state index is 12.2. The first-order valence-corrected chi connectivity index (χ1v) is 8.82. The quantitative estimate of drug-likeness (QED) is 0.839. The Morgan fingerprint density at radius 1 is 1.32 bits per heavy atom. The fourth-order valence-electron chi connectivity index (χ4n) is 1.71. The van der Waals surface area contributed by atoms with Crippen molar-refractivity contribution in [2.45, 2.75) is 37.0 Å². The zero-order valence-electron chi connectivity index (χ0n) is 11.7. The molecule has 19 heavy (non-hydrogen) atoms. The minimum Gasteiger partial charge on any atom is -0.395 e. The van der Waals surface area contributed by atoms with E-state index < -0.39 is 10.0 Å². The molecule has 2 unspecified atom stereocenters. The Kier molecular flexibility index (Phi) is 5.85. The minimum atomic E-state index is -3.54. The molecular formula is C13H21NO3S2. The van der Waals surface area contributed by atoms with Gasteiger partial charge >= 0.3 is 0 Å². The zero-order valence-corrected chi connectivity index (χ0v) is 13.3. The van der Waals surface area contributed by atoms with Crippen molar-refractivity contribution in [2.75, 3.05) is 12.9 Å². The Morgan fingerprint density at radius 2 is 1.95 bits per heavy atom. The molecule has 0 saturated heterocycles. The van der Waals surface area contributed by atoms with Crippen molar-refractivity contribution in [3.05, 3.63) is 29.3 Å². The number of sulfonamides is 1. The van der Waals surface area contributed by atoms with E-state index in [1.54, 1.807) is 25.1 Å². The Hall–Kier alpha value is -0.560. The molecule has 1 aromatic rings. The van der Waals surface area contributed by atoms with E-state index in [0.29, 0.717) is 0 Å². The van der Waals surface area contributed by atoms with Crippen LogP contribution in [-0.2, 0) is 10.0 Å². The molecule has 0 spiro atoms. The molecule has 0 bridgehead atoms. The summed E-state index contributed by atoms with van der Waals surface area (Å²) in [5.74, 6) is 0. The van der Waals surface area contributed by atoms with Crippen LogP contribution in [0.25, 0.3) is 0 Å². The number of aryl methyl sites for hydroxylation is 2. The predicted molar refractivity (Wildman–Crippen MR) is 80.1 cm³/mol. The van der Waals surface area contributed by atoms with Gasteiger partial charge in [-0.25, -0.2) is 13.1 Å². The highest BCUT2D eigenvalue weighted by Gasteiger charge is 2.23. The predicted octanol–water partition coefficient (Wildman–Crippen LogP) is 1.69. The smallest absolute Gasteiger partial charge is 0.240 e. The van der Waals surface area contributed by atoms with Crippen LogP contribution in [0.4, 0.5) is 0 Å². The van der Waals surface area contributed by atoms with Gasteiger partial charge in [-0.15, -0.1) is 0 Å². The van der Waals surface area contributed by atoms with Gasteiger partial charge < -0.3 is 5.11 Å². The summed E-state index contributed by atoms with van der Waals surface area (Å²) < 4.78 is 27.1. The molecule has 6 heteroatoms. The van der Waals surface area contributed by atoms with E-state index in [2.05, 4.69) is 4.72 Å². The minimum absolute atomic E-state index is 0.0578. The molecule has 0 amide bonds. The first-order chi connectivity index (χ1) is 8.81. The molecule has 0 aromatic heterocycles. The Labute approximate surface area is 119 Å². The highest BCUT2D eigenvalue weighted by Crippen LogP contribution is 2.17. The molecule has 0 fully saturated rings. The van der Waals surface area contributed by atoms with E-state index in [-0.39, 0.29) is 22.8 Å². The van der Waals surface area contributed by atoms with Crippen LogP contribution < -0.4 is 4.72 Å². The lowest BCUT2D eigenvalue weighted by atomic mass is 10.1. The van der Waals surface area contributed by atoms with Gasteiger partial charge in [-0.2, -0.15) is 11.8 Å². The van der Waals surface area contributed by atoms with Crippen LogP contribution in [0, 0.1) is 13.8 Å². The fraction of sp³-hybridized carbons (Fsp3) is 0.538. The van der Waals surface area contributed by atoms with Gasteiger partial charge in [0.2, 0.25) is 10.0 Å². The molecule has 0 aliphatic carbocycles. The lowest BCUT2D eigenvalue weighted by Crippen LogP contribution is -2.41. The third kappa shape index (κ3) is 4.21. The van der Waals surface area contributed by atoms with Gasteiger partial charge in [0.1, 0.15) is 0 Å². The molecule has 4 nitrogen and oxygen atoms in total. The van der Waals surface area contributed by atoms with Crippen LogP contribution in [0.15, 0.2) is 23.1 Å². The van der Waals surface area contributed by atoms with E-state index in [9.17, 15) is 13.5 Å². The van der Waals surface area contributed by atoms with E-state index >= 15 is 0 Å². The van der Waals surface area contributed by atoms with Crippen LogP contribution in [0.2, 0.25) is 0 Å². The number of aliphatic hydroxyl groups is 1. The number of benzene rings is 1. The van der Waals surface area contributed by atoms with Gasteiger partial charge in [-0.1, -0.05) is 6.07 Å². The number of thioether (sulfide) groups is 1. The van der Waals surface area contributed by atoms with E-state index in [1.165, 1.54) is 11.8 Å². The highest BCUT2D eigenvalue weighted by atomic mass is 32.2. The lowest BCUT2D eigenvalue weighted by molar-refractivity contribution is 0.282. The number of hydrogen-bond donors (Lipinski definition) is 2. The monoisotopic (exact) mass is 303 g/mol. The van der Waals surface area contributed by atoms with Crippen molar-refractivity contribution in [2.24, 2.45) is 0 Å². The second-order valence-electron chi connectivity index (χ2n) is 4.61. The third-order valence-corrected chi connectivity index (χ3v) is 5.89. The van der Waals surface area contributed by atoms with E-state index in [4.69, 9.17) is 0 Å². The first kappa shape index (κ1) is 16.5. The summed E-state index contributed by atoms with van der Waals surface area (Å²) in [7, 11) is -3.54. The molecule has 0 saturated carbocycles. The van der Waals surface area contributed by atoms with Crippen LogP contribution in [0.3, 0.4) is 0 Å². The second kappa shape index (κ2) is 6.74.